The van der Waals surface area contributed by atoms with Crippen molar-refractivity contribution in [3.05, 3.63) is 0 Å². The van der Waals surface area contributed by atoms with Gasteiger partial charge in [-0.3, -0.25) is 4.31 Å². The quantitative estimate of drug-likeness (QED) is 0.568. The third-order valence-corrected chi connectivity index (χ3v) is 3.24. The summed E-state index contributed by atoms with van der Waals surface area (Å²) in [7, 11) is 0. The summed E-state index contributed by atoms with van der Waals surface area (Å²) in [6.45, 7) is 7.26. The van der Waals surface area contributed by atoms with Crippen LogP contribution in [0.5, 0.6) is 0 Å². The maximum absolute atomic E-state index is 2.46. The lowest BCUT2D eigenvalue weighted by molar-refractivity contribution is 0.401. The Morgan fingerprint density at radius 3 is 2.50 bits per heavy atom. The van der Waals surface area contributed by atoms with Gasteiger partial charge in [0.2, 0.25) is 0 Å². The van der Waals surface area contributed by atoms with Crippen LogP contribution < -0.4 is 0 Å². The van der Waals surface area contributed by atoms with Gasteiger partial charge in [0.25, 0.3) is 0 Å². The topological polar surface area (TPSA) is 3.24 Å². The van der Waals surface area contributed by atoms with Crippen LogP contribution in [0.25, 0.3) is 0 Å². The van der Waals surface area contributed by atoms with Gasteiger partial charge in [0.05, 0.1) is 0 Å². The molecule has 0 aromatic rings. The molecule has 1 rings (SSSR count). The Balaban J connectivity index is 2.28. The zero-order valence-electron chi connectivity index (χ0n) is 7.13. The first-order valence-corrected chi connectivity index (χ1v) is 5.21. The number of hydrogen-bond acceptors (Lipinski definition) is 2. The minimum Gasteiger partial charge on any atom is -0.251 e. The molecule has 0 spiro atoms. The second kappa shape index (κ2) is 3.63. The summed E-state index contributed by atoms with van der Waals surface area (Å²) in [5.41, 5.74) is 0. The van der Waals surface area contributed by atoms with Gasteiger partial charge in [-0.15, -0.1) is 0 Å². The fraction of sp³-hybridized carbons (Fsp3) is 1.00. The summed E-state index contributed by atoms with van der Waals surface area (Å²) in [5.74, 6) is 1.82. The number of rotatable bonds is 2. The van der Waals surface area contributed by atoms with Crippen molar-refractivity contribution in [2.24, 2.45) is 11.8 Å². The maximum atomic E-state index is 2.46. The average Bonchev–Trinajstić information content (AvgIpc) is 2.34. The van der Waals surface area contributed by atoms with E-state index < -0.39 is 0 Å². The van der Waals surface area contributed by atoms with Crippen LogP contribution in [0.15, 0.2) is 0 Å². The largest absolute Gasteiger partial charge is 0.251 e. The summed E-state index contributed by atoms with van der Waals surface area (Å²) in [4.78, 5) is 0. The first-order valence-electron chi connectivity index (χ1n) is 4.03. The van der Waals surface area contributed by atoms with Crippen LogP contribution in [0.3, 0.4) is 0 Å². The van der Waals surface area contributed by atoms with Gasteiger partial charge < -0.3 is 0 Å². The van der Waals surface area contributed by atoms with Crippen LogP contribution in [0.2, 0.25) is 0 Å². The lowest BCUT2D eigenvalue weighted by Crippen LogP contribution is -2.14. The normalized spacial score (nSPS) is 28.2. The van der Waals surface area contributed by atoms with Crippen LogP contribution in [0.4, 0.5) is 0 Å². The van der Waals surface area contributed by atoms with Gasteiger partial charge in [-0.05, 0) is 24.5 Å². The van der Waals surface area contributed by atoms with E-state index in [1.165, 1.54) is 19.5 Å². The predicted octanol–water partition coefficient (Wildman–Crippen LogP) is 2.24. The van der Waals surface area contributed by atoms with E-state index in [2.05, 4.69) is 24.4 Å². The van der Waals surface area contributed by atoms with Gasteiger partial charge in [-0.2, -0.15) is 0 Å². The molecule has 10 heavy (non-hydrogen) atoms. The summed E-state index contributed by atoms with van der Waals surface area (Å²) in [5, 5.41) is 0. The molecule has 0 aromatic heterocycles. The monoisotopic (exact) mass is 159 g/mol. The molecule has 0 radical (unpaired) electrons. The standard InChI is InChI=1S/C8H17NS/c1-7(2)8-4-5-9(6-8)10-3/h7-8H,4-6H2,1-3H3. The fourth-order valence-electron chi connectivity index (χ4n) is 1.46. The Hall–Kier alpha value is 0.310. The van der Waals surface area contributed by atoms with E-state index in [1.54, 1.807) is 0 Å². The molecule has 0 N–H and O–H groups in total. The van der Waals surface area contributed by atoms with Gasteiger partial charge >= 0.3 is 0 Å². The van der Waals surface area contributed by atoms with Gasteiger partial charge in [-0.25, -0.2) is 0 Å². The predicted molar refractivity (Wildman–Crippen MR) is 48.0 cm³/mol. The van der Waals surface area contributed by atoms with Crippen molar-refractivity contribution in [3.8, 4) is 0 Å². The van der Waals surface area contributed by atoms with Gasteiger partial charge in [0.1, 0.15) is 0 Å². The lowest BCUT2D eigenvalue weighted by Gasteiger charge is -2.14. The van der Waals surface area contributed by atoms with Crippen LogP contribution in [-0.2, 0) is 0 Å². The van der Waals surface area contributed by atoms with Crippen molar-refractivity contribution in [1.82, 2.24) is 4.31 Å². The zero-order valence-corrected chi connectivity index (χ0v) is 7.95. The van der Waals surface area contributed by atoms with Crippen molar-refractivity contribution < 1.29 is 0 Å². The molecule has 1 unspecified atom stereocenters. The van der Waals surface area contributed by atoms with E-state index in [0.29, 0.717) is 0 Å². The summed E-state index contributed by atoms with van der Waals surface area (Å²) in [6, 6.07) is 0. The van der Waals surface area contributed by atoms with Crippen LogP contribution in [0.1, 0.15) is 20.3 Å². The van der Waals surface area contributed by atoms with Crippen molar-refractivity contribution >= 4 is 11.9 Å². The Morgan fingerprint density at radius 1 is 1.50 bits per heavy atom. The van der Waals surface area contributed by atoms with Gasteiger partial charge in [0.15, 0.2) is 0 Å². The zero-order chi connectivity index (χ0) is 7.56. The third-order valence-electron chi connectivity index (χ3n) is 2.39. The molecule has 0 bridgehead atoms. The molecule has 60 valence electrons. The minimum atomic E-state index is 0.872. The van der Waals surface area contributed by atoms with Crippen molar-refractivity contribution in [2.75, 3.05) is 19.3 Å². The van der Waals surface area contributed by atoms with E-state index >= 15 is 0 Å². The summed E-state index contributed by atoms with van der Waals surface area (Å²) >= 11 is 1.89. The molecular formula is C8H17NS. The molecule has 1 fully saturated rings. The highest BCUT2D eigenvalue weighted by Crippen LogP contribution is 2.26. The Kier molecular flexibility index (Phi) is 3.05. The van der Waals surface area contributed by atoms with Gasteiger partial charge in [0, 0.05) is 13.1 Å². The molecule has 1 heterocycles. The highest BCUT2D eigenvalue weighted by molar-refractivity contribution is 7.96. The average molecular weight is 159 g/mol. The third kappa shape index (κ3) is 1.89. The molecular weight excluding hydrogens is 142 g/mol. The molecule has 1 saturated heterocycles. The van der Waals surface area contributed by atoms with E-state index in [4.69, 9.17) is 0 Å². The van der Waals surface area contributed by atoms with Crippen LogP contribution in [-0.4, -0.2) is 23.7 Å². The SMILES string of the molecule is CSN1CCC(C(C)C)C1. The number of nitrogens with zero attached hydrogens (tertiary/aromatic N) is 1. The molecule has 2 heteroatoms. The van der Waals surface area contributed by atoms with Crippen molar-refractivity contribution in [3.63, 3.8) is 0 Å². The van der Waals surface area contributed by atoms with E-state index in [9.17, 15) is 0 Å². The summed E-state index contributed by atoms with van der Waals surface area (Å²) < 4.78 is 2.46. The Bertz CT molecular complexity index is 103. The molecule has 0 saturated carbocycles. The molecule has 0 aromatic carbocycles. The highest BCUT2D eigenvalue weighted by atomic mass is 32.2. The van der Waals surface area contributed by atoms with Crippen LogP contribution >= 0.6 is 11.9 Å². The van der Waals surface area contributed by atoms with Gasteiger partial charge in [-0.1, -0.05) is 25.8 Å². The lowest BCUT2D eigenvalue weighted by atomic mass is 9.96. The van der Waals surface area contributed by atoms with E-state index in [1.807, 2.05) is 11.9 Å². The van der Waals surface area contributed by atoms with E-state index in [0.717, 1.165) is 11.8 Å². The molecule has 1 aliphatic heterocycles. The van der Waals surface area contributed by atoms with E-state index in [-0.39, 0.29) is 0 Å². The van der Waals surface area contributed by atoms with Crippen LogP contribution in [0, 0.1) is 11.8 Å². The molecule has 0 aliphatic carbocycles. The first kappa shape index (κ1) is 8.41. The fourth-order valence-corrected chi connectivity index (χ4v) is 2.09. The minimum absolute atomic E-state index is 0.872. The number of hydrogen-bond donors (Lipinski definition) is 0. The molecule has 1 atom stereocenters. The first-order chi connectivity index (χ1) is 4.74. The molecule has 1 nitrogen and oxygen atoms in total. The van der Waals surface area contributed by atoms with Crippen molar-refractivity contribution in [2.45, 2.75) is 20.3 Å². The second-order valence-corrected chi connectivity index (χ2v) is 4.24. The molecule has 0 amide bonds. The van der Waals surface area contributed by atoms with Crippen molar-refractivity contribution in [1.29, 1.82) is 0 Å². The Morgan fingerprint density at radius 2 is 2.20 bits per heavy atom. The maximum Gasteiger partial charge on any atom is 0.0120 e. The summed E-state index contributed by atoms with van der Waals surface area (Å²) in [6.07, 6.45) is 3.57. The highest BCUT2D eigenvalue weighted by Gasteiger charge is 2.23. The smallest absolute Gasteiger partial charge is 0.0120 e. The Labute approximate surface area is 68.3 Å². The molecule has 1 aliphatic rings. The second-order valence-electron chi connectivity index (χ2n) is 3.36.